The number of aliphatic hydroxyl groups excluding tert-OH is 2. The molecule has 0 aliphatic heterocycles. The third-order valence-electron chi connectivity index (χ3n) is 1.92. The quantitative estimate of drug-likeness (QED) is 0.762. The summed E-state index contributed by atoms with van der Waals surface area (Å²) in [5, 5.41) is 18.1. The predicted molar refractivity (Wildman–Crippen MR) is 56.1 cm³/mol. The molecule has 1 rings (SSSR count). The molecule has 0 saturated carbocycles. The maximum absolute atomic E-state index is 9.09. The molecule has 15 heavy (non-hydrogen) atoms. The lowest BCUT2D eigenvalue weighted by Gasteiger charge is -2.12. The zero-order valence-corrected chi connectivity index (χ0v) is 8.93. The second-order valence-electron chi connectivity index (χ2n) is 3.29. The van der Waals surface area contributed by atoms with Gasteiger partial charge in [-0.25, -0.2) is 0 Å². The van der Waals surface area contributed by atoms with Crippen molar-refractivity contribution in [2.24, 2.45) is 0 Å². The SMILES string of the molecule is COc1ccc(CO)c(OCC(C)O)c1. The van der Waals surface area contributed by atoms with E-state index in [4.69, 9.17) is 19.7 Å². The van der Waals surface area contributed by atoms with Crippen molar-refractivity contribution < 1.29 is 19.7 Å². The van der Waals surface area contributed by atoms with E-state index in [1.54, 1.807) is 32.2 Å². The fourth-order valence-electron chi connectivity index (χ4n) is 1.14. The van der Waals surface area contributed by atoms with E-state index in [1.807, 2.05) is 0 Å². The number of methoxy groups -OCH3 is 1. The average Bonchev–Trinajstić information content (AvgIpc) is 2.25. The smallest absolute Gasteiger partial charge is 0.128 e. The summed E-state index contributed by atoms with van der Waals surface area (Å²) in [6, 6.07) is 5.17. The average molecular weight is 212 g/mol. The number of hydrogen-bond donors (Lipinski definition) is 2. The molecule has 1 aromatic rings. The second-order valence-corrected chi connectivity index (χ2v) is 3.29. The van der Waals surface area contributed by atoms with Crippen molar-refractivity contribution in [2.75, 3.05) is 13.7 Å². The van der Waals surface area contributed by atoms with Crippen LogP contribution in [0.1, 0.15) is 12.5 Å². The minimum Gasteiger partial charge on any atom is -0.497 e. The number of hydrogen-bond acceptors (Lipinski definition) is 4. The van der Waals surface area contributed by atoms with E-state index in [9.17, 15) is 0 Å². The Morgan fingerprint density at radius 2 is 2.13 bits per heavy atom. The van der Waals surface area contributed by atoms with Crippen LogP contribution in [0.2, 0.25) is 0 Å². The number of benzene rings is 1. The Morgan fingerprint density at radius 3 is 2.67 bits per heavy atom. The third-order valence-corrected chi connectivity index (χ3v) is 1.92. The first-order valence-corrected chi connectivity index (χ1v) is 4.76. The summed E-state index contributed by atoms with van der Waals surface area (Å²) in [6.45, 7) is 1.73. The molecule has 2 N–H and O–H groups in total. The van der Waals surface area contributed by atoms with E-state index in [1.165, 1.54) is 0 Å². The van der Waals surface area contributed by atoms with Gasteiger partial charge in [-0.1, -0.05) is 0 Å². The van der Waals surface area contributed by atoms with Crippen LogP contribution in [0.4, 0.5) is 0 Å². The Labute approximate surface area is 89.1 Å². The molecule has 4 heteroatoms. The van der Waals surface area contributed by atoms with Crippen molar-refractivity contribution in [1.82, 2.24) is 0 Å². The van der Waals surface area contributed by atoms with E-state index in [0.29, 0.717) is 17.1 Å². The number of rotatable bonds is 5. The first-order valence-electron chi connectivity index (χ1n) is 4.76. The molecule has 0 aromatic heterocycles. The standard InChI is InChI=1S/C11H16O4/c1-8(13)7-15-11-5-10(14-2)4-3-9(11)6-12/h3-5,8,12-13H,6-7H2,1-2H3. The molecule has 1 atom stereocenters. The zero-order chi connectivity index (χ0) is 11.3. The molecule has 1 unspecified atom stereocenters. The van der Waals surface area contributed by atoms with E-state index < -0.39 is 6.10 Å². The highest BCUT2D eigenvalue weighted by Gasteiger charge is 2.06. The van der Waals surface area contributed by atoms with Crippen molar-refractivity contribution in [2.45, 2.75) is 19.6 Å². The molecular weight excluding hydrogens is 196 g/mol. The van der Waals surface area contributed by atoms with Gasteiger partial charge < -0.3 is 19.7 Å². The van der Waals surface area contributed by atoms with Gasteiger partial charge in [-0.3, -0.25) is 0 Å². The molecule has 0 aliphatic rings. The van der Waals surface area contributed by atoms with Gasteiger partial charge in [-0.05, 0) is 19.1 Å². The Bertz CT molecular complexity index is 309. The lowest BCUT2D eigenvalue weighted by atomic mass is 10.2. The molecule has 1 aromatic carbocycles. The molecule has 4 nitrogen and oxygen atoms in total. The van der Waals surface area contributed by atoms with Crippen molar-refractivity contribution >= 4 is 0 Å². The normalized spacial score (nSPS) is 12.3. The molecule has 84 valence electrons. The van der Waals surface area contributed by atoms with Gasteiger partial charge >= 0.3 is 0 Å². The molecule has 0 radical (unpaired) electrons. The molecule has 0 fully saturated rings. The Kier molecular flexibility index (Phi) is 4.39. The monoisotopic (exact) mass is 212 g/mol. The van der Waals surface area contributed by atoms with Crippen molar-refractivity contribution in [3.05, 3.63) is 23.8 Å². The predicted octanol–water partition coefficient (Wildman–Crippen LogP) is 0.947. The third kappa shape index (κ3) is 3.42. The van der Waals surface area contributed by atoms with Gasteiger partial charge in [0.25, 0.3) is 0 Å². The van der Waals surface area contributed by atoms with Gasteiger partial charge in [-0.15, -0.1) is 0 Å². The minimum atomic E-state index is -0.539. The molecular formula is C11H16O4. The molecule has 0 amide bonds. The summed E-state index contributed by atoms with van der Waals surface area (Å²) >= 11 is 0. The summed E-state index contributed by atoms with van der Waals surface area (Å²) < 4.78 is 10.4. The fraction of sp³-hybridized carbons (Fsp3) is 0.455. The number of aliphatic hydroxyl groups is 2. The first kappa shape index (κ1) is 11.8. The summed E-state index contributed by atoms with van der Waals surface area (Å²) in [4.78, 5) is 0. The maximum atomic E-state index is 9.09. The second kappa shape index (κ2) is 5.58. The fourth-order valence-corrected chi connectivity index (χ4v) is 1.14. The van der Waals surface area contributed by atoms with Crippen molar-refractivity contribution in [3.8, 4) is 11.5 Å². The maximum Gasteiger partial charge on any atom is 0.128 e. The van der Waals surface area contributed by atoms with Crippen LogP contribution < -0.4 is 9.47 Å². The topological polar surface area (TPSA) is 58.9 Å². The lowest BCUT2D eigenvalue weighted by molar-refractivity contribution is 0.120. The van der Waals surface area contributed by atoms with Gasteiger partial charge in [-0.2, -0.15) is 0 Å². The number of ether oxygens (including phenoxy) is 2. The van der Waals surface area contributed by atoms with E-state index in [2.05, 4.69) is 0 Å². The highest BCUT2D eigenvalue weighted by molar-refractivity contribution is 5.40. The van der Waals surface area contributed by atoms with Gasteiger partial charge in [0, 0.05) is 11.6 Å². The van der Waals surface area contributed by atoms with Gasteiger partial charge in [0.1, 0.15) is 18.1 Å². The van der Waals surface area contributed by atoms with E-state index in [-0.39, 0.29) is 13.2 Å². The summed E-state index contributed by atoms with van der Waals surface area (Å²) in [5.41, 5.74) is 0.677. The minimum absolute atomic E-state index is 0.0981. The first-order chi connectivity index (χ1) is 7.17. The van der Waals surface area contributed by atoms with Crippen molar-refractivity contribution in [3.63, 3.8) is 0 Å². The highest BCUT2D eigenvalue weighted by Crippen LogP contribution is 2.24. The Hall–Kier alpha value is -1.26. The summed E-state index contributed by atoms with van der Waals surface area (Å²) in [5.74, 6) is 1.20. The van der Waals surface area contributed by atoms with Crippen LogP contribution in [0.25, 0.3) is 0 Å². The van der Waals surface area contributed by atoms with E-state index >= 15 is 0 Å². The van der Waals surface area contributed by atoms with Crippen molar-refractivity contribution in [1.29, 1.82) is 0 Å². The zero-order valence-electron chi connectivity index (χ0n) is 8.93. The van der Waals surface area contributed by atoms with Gasteiger partial charge in [0.05, 0.1) is 19.8 Å². The van der Waals surface area contributed by atoms with Crippen LogP contribution in [-0.4, -0.2) is 30.0 Å². The van der Waals surface area contributed by atoms with Crippen LogP contribution in [0.3, 0.4) is 0 Å². The van der Waals surface area contributed by atoms with Crippen LogP contribution in [-0.2, 0) is 6.61 Å². The summed E-state index contributed by atoms with van der Waals surface area (Å²) in [7, 11) is 1.56. The molecule has 0 heterocycles. The molecule has 0 spiro atoms. The van der Waals surface area contributed by atoms with Crippen LogP contribution >= 0.6 is 0 Å². The van der Waals surface area contributed by atoms with Gasteiger partial charge in [0.15, 0.2) is 0 Å². The Morgan fingerprint density at radius 1 is 1.40 bits per heavy atom. The summed E-state index contributed by atoms with van der Waals surface area (Å²) in [6.07, 6.45) is -0.539. The largest absolute Gasteiger partial charge is 0.497 e. The molecule has 0 aliphatic carbocycles. The van der Waals surface area contributed by atoms with Crippen LogP contribution in [0.15, 0.2) is 18.2 Å². The lowest BCUT2D eigenvalue weighted by Crippen LogP contribution is -2.13. The Balaban J connectivity index is 2.81. The van der Waals surface area contributed by atoms with Crippen LogP contribution in [0.5, 0.6) is 11.5 Å². The molecule has 0 bridgehead atoms. The molecule has 0 saturated heterocycles. The van der Waals surface area contributed by atoms with Crippen LogP contribution in [0, 0.1) is 0 Å². The highest BCUT2D eigenvalue weighted by atomic mass is 16.5. The van der Waals surface area contributed by atoms with E-state index in [0.717, 1.165) is 0 Å². The van der Waals surface area contributed by atoms with Gasteiger partial charge in [0.2, 0.25) is 0 Å².